The summed E-state index contributed by atoms with van der Waals surface area (Å²) < 4.78 is 26.3. The largest absolute Gasteiger partial charge is 0.480 e. The van der Waals surface area contributed by atoms with Gasteiger partial charge in [-0.25, -0.2) is 13.6 Å². The molecule has 0 saturated carbocycles. The molecule has 0 bridgehead atoms. The van der Waals surface area contributed by atoms with E-state index >= 15 is 0 Å². The van der Waals surface area contributed by atoms with Crippen molar-refractivity contribution in [2.24, 2.45) is 0 Å². The summed E-state index contributed by atoms with van der Waals surface area (Å²) in [6.45, 7) is 0.897. The standard InChI is InChI=1S/C19H18F2N2O4/c1-12(19(26)27)23(16-5-3-2-4-6-16)18(25)11-22-17(24)9-13-7-14(20)10-15(21)8-13/h2-8,10,12H,9,11H2,1H3,(H,22,24)(H,26,27)/t12-/m0/s1. The second-order valence-electron chi connectivity index (χ2n) is 5.84. The van der Waals surface area contributed by atoms with Gasteiger partial charge in [-0.2, -0.15) is 0 Å². The van der Waals surface area contributed by atoms with Gasteiger partial charge in [-0.1, -0.05) is 18.2 Å². The van der Waals surface area contributed by atoms with Gasteiger partial charge in [0.25, 0.3) is 0 Å². The van der Waals surface area contributed by atoms with E-state index in [1.807, 2.05) is 0 Å². The van der Waals surface area contributed by atoms with Crippen molar-refractivity contribution in [3.05, 3.63) is 65.7 Å². The third-order valence-corrected chi connectivity index (χ3v) is 3.77. The highest BCUT2D eigenvalue weighted by Gasteiger charge is 2.27. The third-order valence-electron chi connectivity index (χ3n) is 3.77. The smallest absolute Gasteiger partial charge is 0.326 e. The predicted molar refractivity (Wildman–Crippen MR) is 94.1 cm³/mol. The number of carboxylic acid groups (broad SMARTS) is 1. The molecule has 2 rings (SSSR count). The molecule has 6 nitrogen and oxygen atoms in total. The summed E-state index contributed by atoms with van der Waals surface area (Å²) in [5.41, 5.74) is 0.495. The van der Waals surface area contributed by atoms with Crippen molar-refractivity contribution < 1.29 is 28.3 Å². The quantitative estimate of drug-likeness (QED) is 0.775. The SMILES string of the molecule is C[C@@H](C(=O)O)N(C(=O)CNC(=O)Cc1cc(F)cc(F)c1)c1ccccc1. The van der Waals surface area contributed by atoms with Crippen LogP contribution in [0.5, 0.6) is 0 Å². The first kappa shape index (κ1) is 20.0. The van der Waals surface area contributed by atoms with Gasteiger partial charge in [0.15, 0.2) is 0 Å². The first-order valence-corrected chi connectivity index (χ1v) is 8.09. The number of amides is 2. The number of carboxylic acids is 1. The van der Waals surface area contributed by atoms with Crippen LogP contribution in [-0.4, -0.2) is 35.5 Å². The number of hydrogen-bond acceptors (Lipinski definition) is 3. The Balaban J connectivity index is 2.04. The third kappa shape index (κ3) is 5.60. The van der Waals surface area contributed by atoms with E-state index < -0.39 is 42.0 Å². The number of nitrogens with zero attached hydrogens (tertiary/aromatic N) is 1. The van der Waals surface area contributed by atoms with Gasteiger partial charge in [-0.05, 0) is 36.8 Å². The number of anilines is 1. The van der Waals surface area contributed by atoms with Crippen LogP contribution in [0.3, 0.4) is 0 Å². The van der Waals surface area contributed by atoms with Gasteiger partial charge in [-0.3, -0.25) is 14.5 Å². The van der Waals surface area contributed by atoms with Crippen molar-refractivity contribution in [3.63, 3.8) is 0 Å². The van der Waals surface area contributed by atoms with Crippen molar-refractivity contribution in [3.8, 4) is 0 Å². The summed E-state index contributed by atoms with van der Waals surface area (Å²) in [4.78, 5) is 36.8. The van der Waals surface area contributed by atoms with Crippen LogP contribution in [0.4, 0.5) is 14.5 Å². The van der Waals surface area contributed by atoms with Crippen LogP contribution in [0, 0.1) is 11.6 Å². The molecule has 2 N–H and O–H groups in total. The Morgan fingerprint density at radius 1 is 1.07 bits per heavy atom. The molecule has 2 amide bonds. The lowest BCUT2D eigenvalue weighted by Crippen LogP contribution is -2.48. The molecule has 27 heavy (non-hydrogen) atoms. The molecule has 2 aromatic carbocycles. The van der Waals surface area contributed by atoms with E-state index in [2.05, 4.69) is 5.32 Å². The number of hydrogen-bond donors (Lipinski definition) is 2. The number of nitrogens with one attached hydrogen (secondary N) is 1. The molecule has 142 valence electrons. The van der Waals surface area contributed by atoms with Gasteiger partial charge in [0.1, 0.15) is 17.7 Å². The van der Waals surface area contributed by atoms with Crippen molar-refractivity contribution in [1.29, 1.82) is 0 Å². The van der Waals surface area contributed by atoms with Crippen LogP contribution >= 0.6 is 0 Å². The molecule has 0 aliphatic heterocycles. The minimum atomic E-state index is -1.20. The number of rotatable bonds is 7. The lowest BCUT2D eigenvalue weighted by atomic mass is 10.1. The van der Waals surface area contributed by atoms with E-state index in [4.69, 9.17) is 0 Å². The van der Waals surface area contributed by atoms with Gasteiger partial charge in [0, 0.05) is 11.8 Å². The molecule has 0 aromatic heterocycles. The zero-order valence-corrected chi connectivity index (χ0v) is 14.5. The molecule has 1 atom stereocenters. The molecule has 0 unspecified atom stereocenters. The second kappa shape index (κ2) is 8.88. The summed E-state index contributed by atoms with van der Waals surface area (Å²) in [5, 5.41) is 11.6. The van der Waals surface area contributed by atoms with Gasteiger partial charge < -0.3 is 10.4 Å². The first-order chi connectivity index (χ1) is 12.8. The maximum absolute atomic E-state index is 13.2. The van der Waals surface area contributed by atoms with Crippen LogP contribution in [0.25, 0.3) is 0 Å². The number of para-hydroxylation sites is 1. The highest BCUT2D eigenvalue weighted by molar-refractivity contribution is 6.01. The summed E-state index contributed by atoms with van der Waals surface area (Å²) >= 11 is 0. The van der Waals surface area contributed by atoms with Gasteiger partial charge in [0.05, 0.1) is 13.0 Å². The summed E-state index contributed by atoms with van der Waals surface area (Å²) in [6, 6.07) is 9.77. The first-order valence-electron chi connectivity index (χ1n) is 8.09. The Bertz CT molecular complexity index is 823. The molecule has 2 aromatic rings. The summed E-state index contributed by atoms with van der Waals surface area (Å²) in [5.74, 6) is -4.06. The zero-order valence-electron chi connectivity index (χ0n) is 14.5. The van der Waals surface area contributed by atoms with E-state index in [0.717, 1.165) is 17.0 Å². The fourth-order valence-corrected chi connectivity index (χ4v) is 2.50. The molecule has 0 saturated heterocycles. The van der Waals surface area contributed by atoms with E-state index in [1.54, 1.807) is 30.3 Å². The van der Waals surface area contributed by atoms with E-state index in [1.165, 1.54) is 6.92 Å². The van der Waals surface area contributed by atoms with E-state index in [-0.39, 0.29) is 12.0 Å². The number of aliphatic carboxylic acids is 1. The fourth-order valence-electron chi connectivity index (χ4n) is 2.50. The Kier molecular flexibility index (Phi) is 6.59. The molecule has 0 fully saturated rings. The monoisotopic (exact) mass is 376 g/mol. The highest BCUT2D eigenvalue weighted by atomic mass is 19.1. The van der Waals surface area contributed by atoms with E-state index in [0.29, 0.717) is 11.8 Å². The molecule has 0 aliphatic carbocycles. The Labute approximate surface area is 154 Å². The van der Waals surface area contributed by atoms with Crippen LogP contribution in [0.1, 0.15) is 12.5 Å². The average molecular weight is 376 g/mol. The van der Waals surface area contributed by atoms with Crippen LogP contribution in [-0.2, 0) is 20.8 Å². The maximum atomic E-state index is 13.2. The van der Waals surface area contributed by atoms with Crippen molar-refractivity contribution in [1.82, 2.24) is 5.32 Å². The number of benzene rings is 2. The normalized spacial score (nSPS) is 11.5. The van der Waals surface area contributed by atoms with Gasteiger partial charge in [0.2, 0.25) is 11.8 Å². The average Bonchev–Trinajstić information content (AvgIpc) is 2.60. The zero-order chi connectivity index (χ0) is 20.0. The number of halogens is 2. The van der Waals surface area contributed by atoms with Crippen molar-refractivity contribution in [2.45, 2.75) is 19.4 Å². The Morgan fingerprint density at radius 3 is 2.22 bits per heavy atom. The van der Waals surface area contributed by atoms with Gasteiger partial charge >= 0.3 is 5.97 Å². The van der Waals surface area contributed by atoms with E-state index in [9.17, 15) is 28.3 Å². The Hall–Kier alpha value is -3.29. The van der Waals surface area contributed by atoms with Crippen LogP contribution < -0.4 is 10.2 Å². The molecule has 0 radical (unpaired) electrons. The molecule has 0 heterocycles. The van der Waals surface area contributed by atoms with Crippen molar-refractivity contribution >= 4 is 23.5 Å². The number of carbonyl (C=O) groups is 3. The minimum absolute atomic E-state index is 0.122. The Morgan fingerprint density at radius 2 is 1.67 bits per heavy atom. The maximum Gasteiger partial charge on any atom is 0.326 e. The predicted octanol–water partition coefficient (Wildman–Crippen LogP) is 2.13. The number of carbonyl (C=O) groups excluding carboxylic acids is 2. The lowest BCUT2D eigenvalue weighted by Gasteiger charge is -2.26. The van der Waals surface area contributed by atoms with Crippen molar-refractivity contribution in [2.75, 3.05) is 11.4 Å². The minimum Gasteiger partial charge on any atom is -0.480 e. The molecule has 0 aliphatic rings. The molecular formula is C19H18F2N2O4. The molecule has 8 heteroatoms. The summed E-state index contributed by atoms with van der Waals surface area (Å²) in [7, 11) is 0. The summed E-state index contributed by atoms with van der Waals surface area (Å²) in [6.07, 6.45) is -0.318. The molecular weight excluding hydrogens is 358 g/mol. The highest BCUT2D eigenvalue weighted by Crippen LogP contribution is 2.17. The van der Waals surface area contributed by atoms with Crippen LogP contribution in [0.15, 0.2) is 48.5 Å². The fraction of sp³-hybridized carbons (Fsp3) is 0.211. The lowest BCUT2D eigenvalue weighted by molar-refractivity contribution is -0.139. The van der Waals surface area contributed by atoms with Gasteiger partial charge in [-0.15, -0.1) is 0 Å². The topological polar surface area (TPSA) is 86.7 Å². The second-order valence-corrected chi connectivity index (χ2v) is 5.84. The van der Waals surface area contributed by atoms with Crippen LogP contribution in [0.2, 0.25) is 0 Å². The molecule has 0 spiro atoms.